The number of hydrogen-bond donors (Lipinski definition) is 2. The van der Waals surface area contributed by atoms with Crippen LogP contribution in [-0.4, -0.2) is 8.42 Å². The van der Waals surface area contributed by atoms with Gasteiger partial charge in [-0.2, -0.15) is 0 Å². The Morgan fingerprint density at radius 3 is 2.52 bits per heavy atom. The summed E-state index contributed by atoms with van der Waals surface area (Å²) in [6.45, 7) is 6.08. The number of thiophene rings is 1. The summed E-state index contributed by atoms with van der Waals surface area (Å²) in [5, 5.41) is 0. The highest BCUT2D eigenvalue weighted by molar-refractivity contribution is 7.89. The first-order valence-corrected chi connectivity index (χ1v) is 9.02. The zero-order chi connectivity index (χ0) is 15.6. The van der Waals surface area contributed by atoms with Gasteiger partial charge < -0.3 is 5.73 Å². The van der Waals surface area contributed by atoms with Gasteiger partial charge in [-0.1, -0.05) is 18.2 Å². The van der Waals surface area contributed by atoms with Gasteiger partial charge in [0.05, 0.1) is 4.90 Å². The first kappa shape index (κ1) is 16.2. The van der Waals surface area contributed by atoms with Crippen LogP contribution < -0.4 is 10.5 Å². The van der Waals surface area contributed by atoms with E-state index in [9.17, 15) is 8.42 Å². The molecule has 0 aliphatic carbocycles. The normalized spacial score (nSPS) is 13.3. The number of nitrogens with two attached hydrogens (primary N) is 1. The zero-order valence-corrected chi connectivity index (χ0v) is 14.0. The molecule has 0 spiro atoms. The lowest BCUT2D eigenvalue weighted by Gasteiger charge is -2.16. The SMILES string of the molecule is Cc1cc(C(C)NS(=O)(=O)c2ccccc2CN)c(C)s1. The van der Waals surface area contributed by atoms with E-state index < -0.39 is 10.0 Å². The minimum Gasteiger partial charge on any atom is -0.326 e. The van der Waals surface area contributed by atoms with Crippen molar-refractivity contribution in [2.75, 3.05) is 0 Å². The van der Waals surface area contributed by atoms with Crippen molar-refractivity contribution in [3.8, 4) is 0 Å². The van der Waals surface area contributed by atoms with E-state index in [1.54, 1.807) is 35.6 Å². The third-order valence-electron chi connectivity index (χ3n) is 3.36. The Morgan fingerprint density at radius 1 is 1.29 bits per heavy atom. The molecule has 1 heterocycles. The fourth-order valence-corrected chi connectivity index (χ4v) is 4.87. The van der Waals surface area contributed by atoms with Gasteiger partial charge in [-0.15, -0.1) is 11.3 Å². The van der Waals surface area contributed by atoms with Crippen molar-refractivity contribution in [3.05, 3.63) is 51.2 Å². The third-order valence-corrected chi connectivity index (χ3v) is 5.98. The van der Waals surface area contributed by atoms with Gasteiger partial charge in [0.25, 0.3) is 0 Å². The summed E-state index contributed by atoms with van der Waals surface area (Å²) in [5.74, 6) is 0. The molecule has 0 bridgehead atoms. The molecule has 1 unspecified atom stereocenters. The summed E-state index contributed by atoms with van der Waals surface area (Å²) in [4.78, 5) is 2.56. The summed E-state index contributed by atoms with van der Waals surface area (Å²) in [5.41, 5.74) is 7.27. The maximum absolute atomic E-state index is 12.6. The summed E-state index contributed by atoms with van der Waals surface area (Å²) in [6.07, 6.45) is 0. The molecule has 114 valence electrons. The van der Waals surface area contributed by atoms with Gasteiger partial charge >= 0.3 is 0 Å². The lowest BCUT2D eigenvalue weighted by atomic mass is 10.1. The fourth-order valence-electron chi connectivity index (χ4n) is 2.37. The maximum atomic E-state index is 12.6. The molecule has 3 N–H and O–H groups in total. The second-order valence-corrected chi connectivity index (χ2v) is 8.17. The lowest BCUT2D eigenvalue weighted by molar-refractivity contribution is 0.565. The van der Waals surface area contributed by atoms with Crippen LogP contribution in [0.2, 0.25) is 0 Å². The van der Waals surface area contributed by atoms with Gasteiger partial charge in [-0.3, -0.25) is 0 Å². The van der Waals surface area contributed by atoms with Gasteiger partial charge in [-0.05, 0) is 44.0 Å². The van der Waals surface area contributed by atoms with Crippen molar-refractivity contribution in [1.82, 2.24) is 4.72 Å². The molecule has 4 nitrogen and oxygen atoms in total. The molecule has 2 rings (SSSR count). The Labute approximate surface area is 130 Å². The van der Waals surface area contributed by atoms with Gasteiger partial charge in [0.15, 0.2) is 0 Å². The van der Waals surface area contributed by atoms with Crippen LogP contribution in [0.1, 0.15) is 33.8 Å². The highest BCUT2D eigenvalue weighted by atomic mass is 32.2. The standard InChI is InChI=1S/C15H20N2O2S2/c1-10-8-14(12(3)20-10)11(2)17-21(18,19)15-7-5-4-6-13(15)9-16/h4-8,11,17H,9,16H2,1-3H3. The first-order valence-electron chi connectivity index (χ1n) is 6.72. The molecule has 0 amide bonds. The molecular weight excluding hydrogens is 304 g/mol. The van der Waals surface area contributed by atoms with Crippen LogP contribution in [-0.2, 0) is 16.6 Å². The molecule has 1 aromatic carbocycles. The Morgan fingerprint density at radius 2 is 1.95 bits per heavy atom. The van der Waals surface area contributed by atoms with E-state index >= 15 is 0 Å². The van der Waals surface area contributed by atoms with Crippen molar-refractivity contribution in [2.45, 2.75) is 38.3 Å². The predicted octanol–water partition coefficient (Wildman–Crippen LogP) is 2.86. The van der Waals surface area contributed by atoms with E-state index in [1.807, 2.05) is 26.8 Å². The van der Waals surface area contributed by atoms with E-state index in [2.05, 4.69) is 4.72 Å². The monoisotopic (exact) mass is 324 g/mol. The number of benzene rings is 1. The Balaban J connectivity index is 2.31. The van der Waals surface area contributed by atoms with Gasteiger partial charge in [0.2, 0.25) is 10.0 Å². The number of rotatable bonds is 5. The number of hydrogen-bond acceptors (Lipinski definition) is 4. The zero-order valence-electron chi connectivity index (χ0n) is 12.4. The van der Waals surface area contributed by atoms with Crippen molar-refractivity contribution in [1.29, 1.82) is 0 Å². The van der Waals surface area contributed by atoms with Crippen LogP contribution in [0.25, 0.3) is 0 Å². The van der Waals surface area contributed by atoms with Gasteiger partial charge in [0.1, 0.15) is 0 Å². The molecule has 1 atom stereocenters. The minimum atomic E-state index is -3.58. The van der Waals surface area contributed by atoms with Crippen molar-refractivity contribution < 1.29 is 8.42 Å². The van der Waals surface area contributed by atoms with Crippen LogP contribution in [0.4, 0.5) is 0 Å². The van der Waals surface area contributed by atoms with Crippen LogP contribution in [0.15, 0.2) is 35.2 Å². The van der Waals surface area contributed by atoms with Crippen LogP contribution >= 0.6 is 11.3 Å². The molecule has 21 heavy (non-hydrogen) atoms. The van der Waals surface area contributed by atoms with E-state index in [4.69, 9.17) is 5.73 Å². The molecule has 0 aliphatic rings. The highest BCUT2D eigenvalue weighted by Gasteiger charge is 2.22. The first-order chi connectivity index (χ1) is 9.85. The van der Waals surface area contributed by atoms with Crippen LogP contribution in [0.3, 0.4) is 0 Å². The summed E-state index contributed by atoms with van der Waals surface area (Å²) >= 11 is 1.67. The molecule has 6 heteroatoms. The summed E-state index contributed by atoms with van der Waals surface area (Å²) < 4.78 is 27.8. The Bertz CT molecular complexity index is 736. The van der Waals surface area contributed by atoms with Crippen molar-refractivity contribution in [3.63, 3.8) is 0 Å². The quantitative estimate of drug-likeness (QED) is 0.888. The molecular formula is C15H20N2O2S2. The van der Waals surface area contributed by atoms with E-state index in [0.717, 1.165) is 10.4 Å². The number of sulfonamides is 1. The molecule has 0 saturated heterocycles. The van der Waals surface area contributed by atoms with E-state index in [1.165, 1.54) is 4.88 Å². The highest BCUT2D eigenvalue weighted by Crippen LogP contribution is 2.27. The predicted molar refractivity (Wildman–Crippen MR) is 86.9 cm³/mol. The van der Waals surface area contributed by atoms with Crippen molar-refractivity contribution >= 4 is 21.4 Å². The van der Waals surface area contributed by atoms with Crippen LogP contribution in [0, 0.1) is 13.8 Å². The average Bonchev–Trinajstić information content (AvgIpc) is 2.77. The smallest absolute Gasteiger partial charge is 0.241 e. The minimum absolute atomic E-state index is 0.196. The molecule has 2 aromatic rings. The van der Waals surface area contributed by atoms with E-state index in [0.29, 0.717) is 5.56 Å². The van der Waals surface area contributed by atoms with Crippen LogP contribution in [0.5, 0.6) is 0 Å². The topological polar surface area (TPSA) is 72.2 Å². The average molecular weight is 324 g/mol. The second kappa shape index (κ2) is 6.27. The Kier molecular flexibility index (Phi) is 4.83. The number of nitrogens with one attached hydrogen (secondary N) is 1. The third kappa shape index (κ3) is 3.52. The molecule has 0 radical (unpaired) electrons. The van der Waals surface area contributed by atoms with Gasteiger partial charge in [-0.25, -0.2) is 13.1 Å². The number of aryl methyl sites for hydroxylation is 2. The molecule has 0 aliphatic heterocycles. The summed E-state index contributed by atoms with van der Waals surface area (Å²) in [7, 11) is -3.58. The second-order valence-electron chi connectivity index (χ2n) is 5.02. The largest absolute Gasteiger partial charge is 0.326 e. The van der Waals surface area contributed by atoms with Crippen molar-refractivity contribution in [2.24, 2.45) is 5.73 Å². The molecule has 0 saturated carbocycles. The maximum Gasteiger partial charge on any atom is 0.241 e. The lowest BCUT2D eigenvalue weighted by Crippen LogP contribution is -2.28. The molecule has 1 aromatic heterocycles. The fraction of sp³-hybridized carbons (Fsp3) is 0.333. The molecule has 0 fully saturated rings. The summed E-state index contributed by atoms with van der Waals surface area (Å²) in [6, 6.07) is 8.57. The van der Waals surface area contributed by atoms with Gasteiger partial charge in [0, 0.05) is 22.3 Å². The Hall–Kier alpha value is -1.21. The van der Waals surface area contributed by atoms with E-state index in [-0.39, 0.29) is 17.5 Å².